The number of rotatable bonds is 4. The minimum Gasteiger partial charge on any atom is -0.347 e. The van der Waals surface area contributed by atoms with Gasteiger partial charge in [-0.25, -0.2) is 0 Å². The number of anilines is 1. The molecule has 2 aliphatic rings. The Morgan fingerprint density at radius 1 is 1.07 bits per heavy atom. The van der Waals surface area contributed by atoms with Crippen molar-refractivity contribution >= 4 is 22.6 Å². The quantitative estimate of drug-likeness (QED) is 0.810. The molecule has 0 spiro atoms. The van der Waals surface area contributed by atoms with E-state index < -0.39 is 0 Å². The minimum atomic E-state index is 0.337. The smallest absolute Gasteiger partial charge is 0.222 e. The maximum Gasteiger partial charge on any atom is 0.222 e. The summed E-state index contributed by atoms with van der Waals surface area (Å²) in [6, 6.07) is 10.1. The van der Waals surface area contributed by atoms with E-state index in [2.05, 4.69) is 21.2 Å². The van der Waals surface area contributed by atoms with Crippen molar-refractivity contribution in [1.29, 1.82) is 0 Å². The molecule has 2 aromatic rings. The second-order valence-corrected chi connectivity index (χ2v) is 8.32. The summed E-state index contributed by atoms with van der Waals surface area (Å²) in [6.07, 6.45) is 2.81. The first-order valence-electron chi connectivity index (χ1n) is 9.79. The summed E-state index contributed by atoms with van der Waals surface area (Å²) in [5.74, 6) is 1.64. The van der Waals surface area contributed by atoms with Gasteiger partial charge in [0.15, 0.2) is 5.82 Å². The van der Waals surface area contributed by atoms with Crippen LogP contribution in [0.1, 0.15) is 19.3 Å². The third-order valence-corrected chi connectivity index (χ3v) is 6.43. The molecule has 144 valence electrons. The molecule has 0 N–H and O–H groups in total. The van der Waals surface area contributed by atoms with Gasteiger partial charge in [-0.15, -0.1) is 0 Å². The second kappa shape index (κ2) is 8.35. The van der Waals surface area contributed by atoms with Gasteiger partial charge in [0, 0.05) is 62.8 Å². The van der Waals surface area contributed by atoms with Crippen molar-refractivity contribution in [2.75, 3.05) is 51.2 Å². The largest absolute Gasteiger partial charge is 0.347 e. The molecule has 1 aromatic carbocycles. The van der Waals surface area contributed by atoms with Gasteiger partial charge < -0.3 is 14.7 Å². The monoisotopic (exact) mass is 385 g/mol. The average Bonchev–Trinajstić information content (AvgIpc) is 3.20. The molecule has 0 bridgehead atoms. The summed E-state index contributed by atoms with van der Waals surface area (Å²) in [5.41, 5.74) is 1.06. The minimum absolute atomic E-state index is 0.337. The van der Waals surface area contributed by atoms with Crippen molar-refractivity contribution in [3.05, 3.63) is 30.3 Å². The molecule has 0 radical (unpaired) electrons. The Hall–Kier alpha value is -1.99. The lowest BCUT2D eigenvalue weighted by Crippen LogP contribution is -2.47. The summed E-state index contributed by atoms with van der Waals surface area (Å²) >= 11 is 1.47. The number of piperidine rings is 1. The molecule has 0 unspecified atom stereocenters. The lowest BCUT2D eigenvalue weighted by molar-refractivity contribution is -0.133. The predicted octanol–water partition coefficient (Wildman–Crippen LogP) is 2.59. The average molecular weight is 386 g/mol. The molecule has 6 nitrogen and oxygen atoms in total. The lowest BCUT2D eigenvalue weighted by Gasteiger charge is -2.35. The molecule has 2 aliphatic heterocycles. The molecule has 3 heterocycles. The number of piperazine rings is 1. The zero-order valence-electron chi connectivity index (χ0n) is 15.9. The molecular formula is C20H27N5OS. The van der Waals surface area contributed by atoms with Gasteiger partial charge in [-0.3, -0.25) is 4.79 Å². The van der Waals surface area contributed by atoms with E-state index in [1.807, 2.05) is 35.2 Å². The second-order valence-electron chi connectivity index (χ2n) is 7.59. The molecule has 2 saturated heterocycles. The number of amides is 1. The van der Waals surface area contributed by atoms with Gasteiger partial charge in [0.05, 0.1) is 0 Å². The van der Waals surface area contributed by atoms with Gasteiger partial charge in [0.25, 0.3) is 0 Å². The fourth-order valence-corrected chi connectivity index (χ4v) is 4.55. The number of nitrogens with zero attached hydrogens (tertiary/aromatic N) is 5. The van der Waals surface area contributed by atoms with E-state index in [1.165, 1.54) is 11.5 Å². The zero-order chi connectivity index (χ0) is 18.6. The number of carbonyl (C=O) groups is 1. The molecular weight excluding hydrogens is 358 g/mol. The van der Waals surface area contributed by atoms with Crippen molar-refractivity contribution in [1.82, 2.24) is 19.2 Å². The van der Waals surface area contributed by atoms with E-state index in [9.17, 15) is 4.79 Å². The van der Waals surface area contributed by atoms with Gasteiger partial charge in [0.1, 0.15) is 0 Å². The Morgan fingerprint density at radius 3 is 2.48 bits per heavy atom. The lowest BCUT2D eigenvalue weighted by atomic mass is 9.93. The van der Waals surface area contributed by atoms with Crippen LogP contribution in [0.25, 0.3) is 11.4 Å². The highest BCUT2D eigenvalue weighted by molar-refractivity contribution is 7.09. The van der Waals surface area contributed by atoms with Crippen molar-refractivity contribution < 1.29 is 4.79 Å². The van der Waals surface area contributed by atoms with Gasteiger partial charge in [-0.05, 0) is 25.8 Å². The highest BCUT2D eigenvalue weighted by Crippen LogP contribution is 2.29. The molecule has 4 rings (SSSR count). The fraction of sp³-hybridized carbons (Fsp3) is 0.550. The first kappa shape index (κ1) is 18.4. The van der Waals surface area contributed by atoms with Gasteiger partial charge >= 0.3 is 0 Å². The van der Waals surface area contributed by atoms with Crippen LogP contribution < -0.4 is 4.90 Å². The van der Waals surface area contributed by atoms with E-state index in [1.54, 1.807) is 0 Å². The van der Waals surface area contributed by atoms with E-state index in [-0.39, 0.29) is 0 Å². The van der Waals surface area contributed by atoms with E-state index >= 15 is 0 Å². The number of carbonyl (C=O) groups excluding carboxylic acids is 1. The maximum absolute atomic E-state index is 12.6. The van der Waals surface area contributed by atoms with Crippen LogP contribution in [0.2, 0.25) is 0 Å². The Kier molecular flexibility index (Phi) is 5.69. The topological polar surface area (TPSA) is 52.6 Å². The van der Waals surface area contributed by atoms with Crippen molar-refractivity contribution in [3.8, 4) is 11.4 Å². The number of benzene rings is 1. The molecule has 7 heteroatoms. The van der Waals surface area contributed by atoms with Crippen molar-refractivity contribution in [3.63, 3.8) is 0 Å². The molecule has 0 saturated carbocycles. The van der Waals surface area contributed by atoms with Crippen LogP contribution >= 0.6 is 11.5 Å². The molecule has 0 atom stereocenters. The maximum atomic E-state index is 12.6. The van der Waals surface area contributed by atoms with E-state index in [4.69, 9.17) is 4.98 Å². The first-order chi connectivity index (χ1) is 13.2. The van der Waals surface area contributed by atoms with Gasteiger partial charge in [0.2, 0.25) is 11.0 Å². The van der Waals surface area contributed by atoms with Gasteiger partial charge in [-0.1, -0.05) is 30.3 Å². The van der Waals surface area contributed by atoms with Crippen LogP contribution in [0, 0.1) is 5.92 Å². The molecule has 1 aromatic heterocycles. The predicted molar refractivity (Wildman–Crippen MR) is 109 cm³/mol. The van der Waals surface area contributed by atoms with E-state index in [0.29, 0.717) is 18.2 Å². The summed E-state index contributed by atoms with van der Waals surface area (Å²) in [6.45, 7) is 5.66. The number of aromatic nitrogens is 2. The highest BCUT2D eigenvalue weighted by Gasteiger charge is 2.26. The normalized spacial score (nSPS) is 19.4. The van der Waals surface area contributed by atoms with Crippen molar-refractivity contribution in [2.24, 2.45) is 5.92 Å². The van der Waals surface area contributed by atoms with E-state index in [0.717, 1.165) is 68.6 Å². The number of hydrogen-bond acceptors (Lipinski definition) is 6. The third-order valence-electron chi connectivity index (χ3n) is 5.65. The van der Waals surface area contributed by atoms with Crippen LogP contribution in [-0.4, -0.2) is 71.4 Å². The summed E-state index contributed by atoms with van der Waals surface area (Å²) in [7, 11) is 2.12. The summed E-state index contributed by atoms with van der Waals surface area (Å²) in [5, 5.41) is 0.998. The number of hydrogen-bond donors (Lipinski definition) is 0. The molecule has 1 amide bonds. The van der Waals surface area contributed by atoms with Crippen LogP contribution in [0.5, 0.6) is 0 Å². The summed E-state index contributed by atoms with van der Waals surface area (Å²) in [4.78, 5) is 23.9. The Morgan fingerprint density at radius 2 is 1.78 bits per heavy atom. The van der Waals surface area contributed by atoms with Crippen LogP contribution in [-0.2, 0) is 4.79 Å². The first-order valence-corrected chi connectivity index (χ1v) is 10.6. The summed E-state index contributed by atoms with van der Waals surface area (Å²) < 4.78 is 4.52. The molecule has 0 aliphatic carbocycles. The van der Waals surface area contributed by atoms with Crippen molar-refractivity contribution in [2.45, 2.75) is 19.3 Å². The highest BCUT2D eigenvalue weighted by atomic mass is 32.1. The van der Waals surface area contributed by atoms with Crippen LogP contribution in [0.3, 0.4) is 0 Å². The molecule has 2 fully saturated rings. The number of likely N-dealkylation sites (N-methyl/N-ethyl adjacent to an activating group) is 1. The van der Waals surface area contributed by atoms with Gasteiger partial charge in [-0.2, -0.15) is 9.36 Å². The SMILES string of the molecule is CN1CCN(C(=O)CC2CCN(c3nc(-c4ccccc4)ns3)CC2)CC1. The van der Waals surface area contributed by atoms with Crippen LogP contribution in [0.4, 0.5) is 5.13 Å². The Labute approximate surface area is 165 Å². The molecule has 27 heavy (non-hydrogen) atoms. The van der Waals surface area contributed by atoms with Crippen LogP contribution in [0.15, 0.2) is 30.3 Å². The Balaban J connectivity index is 1.28. The zero-order valence-corrected chi connectivity index (χ0v) is 16.7. The fourth-order valence-electron chi connectivity index (χ4n) is 3.81. The third kappa shape index (κ3) is 4.47. The Bertz CT molecular complexity index is 749. The standard InChI is InChI=1S/C20H27N5OS/c1-23-11-13-24(14-12-23)18(26)15-16-7-9-25(10-8-16)20-21-19(22-27-20)17-5-3-2-4-6-17/h2-6,16H,7-15H2,1H3.